The lowest BCUT2D eigenvalue weighted by Gasteiger charge is -2.15. The Balaban J connectivity index is 2.62. The molecule has 21 heavy (non-hydrogen) atoms. The predicted molar refractivity (Wildman–Crippen MR) is 76.1 cm³/mol. The first-order valence-corrected chi connectivity index (χ1v) is 7.95. The monoisotopic (exact) mass is 311 g/mol. The maximum Gasteiger partial charge on any atom is 0.274 e. The summed E-state index contributed by atoms with van der Waals surface area (Å²) in [6.45, 7) is 6.27. The highest BCUT2D eigenvalue weighted by molar-refractivity contribution is 7.90. The molecule has 2 aromatic rings. The van der Waals surface area contributed by atoms with Crippen LogP contribution in [-0.4, -0.2) is 35.8 Å². The van der Waals surface area contributed by atoms with Crippen molar-refractivity contribution < 1.29 is 17.9 Å². The fourth-order valence-corrected chi connectivity index (χ4v) is 3.04. The van der Waals surface area contributed by atoms with Crippen molar-refractivity contribution in [2.24, 2.45) is 0 Å². The third-order valence-electron chi connectivity index (χ3n) is 2.79. The molecular formula is C13H17N3O4S. The van der Waals surface area contributed by atoms with Crippen LogP contribution in [0.25, 0.3) is 0 Å². The molecule has 0 saturated carbocycles. The van der Waals surface area contributed by atoms with E-state index in [1.807, 2.05) is 13.8 Å². The molecule has 0 amide bonds. The molecule has 0 aliphatic carbocycles. The number of aromatic nitrogens is 3. The lowest BCUT2D eigenvalue weighted by atomic mass is 10.2. The lowest BCUT2D eigenvalue weighted by molar-refractivity contribution is 0.320. The van der Waals surface area contributed by atoms with Gasteiger partial charge in [-0.2, -0.15) is 0 Å². The Morgan fingerprint density at radius 3 is 2.19 bits per heavy atom. The fraction of sp³-hybridized carbons (Fsp3) is 0.385. The van der Waals surface area contributed by atoms with Gasteiger partial charge in [0.1, 0.15) is 29.0 Å². The van der Waals surface area contributed by atoms with Crippen molar-refractivity contribution in [3.05, 3.63) is 30.4 Å². The zero-order chi connectivity index (χ0) is 15.5. The zero-order valence-corrected chi connectivity index (χ0v) is 12.9. The summed E-state index contributed by atoms with van der Waals surface area (Å²) < 4.78 is 37.1. The van der Waals surface area contributed by atoms with Crippen molar-refractivity contribution >= 4 is 10.0 Å². The van der Waals surface area contributed by atoms with Gasteiger partial charge in [0.05, 0.1) is 13.2 Å². The first-order chi connectivity index (χ1) is 10.0. The normalized spacial score (nSPS) is 11.4. The van der Waals surface area contributed by atoms with Gasteiger partial charge in [0.2, 0.25) is 0 Å². The van der Waals surface area contributed by atoms with Gasteiger partial charge in [-0.25, -0.2) is 12.4 Å². The molecule has 0 atom stereocenters. The van der Waals surface area contributed by atoms with E-state index in [1.165, 1.54) is 6.07 Å². The largest absolute Gasteiger partial charge is 0.494 e. The third kappa shape index (κ3) is 2.99. The maximum absolute atomic E-state index is 12.6. The Morgan fingerprint density at radius 2 is 1.62 bits per heavy atom. The topological polar surface area (TPSA) is 83.3 Å². The molecule has 0 spiro atoms. The van der Waals surface area contributed by atoms with Crippen LogP contribution in [0.1, 0.15) is 19.4 Å². The van der Waals surface area contributed by atoms with Crippen LogP contribution in [0.5, 0.6) is 11.5 Å². The number of hydrogen-bond acceptors (Lipinski definition) is 6. The second-order valence-electron chi connectivity index (χ2n) is 4.23. The molecule has 0 aliphatic rings. The van der Waals surface area contributed by atoms with Crippen LogP contribution in [0, 0.1) is 6.92 Å². The van der Waals surface area contributed by atoms with E-state index in [1.54, 1.807) is 13.0 Å². The summed E-state index contributed by atoms with van der Waals surface area (Å²) >= 11 is 0. The van der Waals surface area contributed by atoms with Crippen LogP contribution >= 0.6 is 0 Å². The first-order valence-electron chi connectivity index (χ1n) is 6.51. The van der Waals surface area contributed by atoms with Gasteiger partial charge in [-0.05, 0) is 32.4 Å². The number of aryl methyl sites for hydroxylation is 1. The highest BCUT2D eigenvalue weighted by Crippen LogP contribution is 2.33. The minimum Gasteiger partial charge on any atom is -0.494 e. The molecular weight excluding hydrogens is 294 g/mol. The van der Waals surface area contributed by atoms with E-state index in [2.05, 4.69) is 10.2 Å². The van der Waals surface area contributed by atoms with Gasteiger partial charge in [-0.15, -0.1) is 10.2 Å². The standard InChI is InChI=1S/C13H17N3O4S/c1-4-19-11-7-13(12(20-5-2)6-10(11)3)21(17,18)16-8-14-15-9-16/h6-9H,4-5H2,1-3H3. The summed E-state index contributed by atoms with van der Waals surface area (Å²) in [6.07, 6.45) is 2.26. The van der Waals surface area contributed by atoms with Crippen molar-refractivity contribution in [1.29, 1.82) is 0 Å². The lowest BCUT2D eigenvalue weighted by Crippen LogP contribution is -2.13. The quantitative estimate of drug-likeness (QED) is 0.806. The second kappa shape index (κ2) is 6.13. The van der Waals surface area contributed by atoms with E-state index in [-0.39, 0.29) is 10.6 Å². The molecule has 0 bridgehead atoms. The van der Waals surface area contributed by atoms with Gasteiger partial charge < -0.3 is 9.47 Å². The number of rotatable bonds is 6. The Bertz CT molecular complexity index is 711. The smallest absolute Gasteiger partial charge is 0.274 e. The van der Waals surface area contributed by atoms with Crippen molar-refractivity contribution in [2.75, 3.05) is 13.2 Å². The minimum absolute atomic E-state index is 0.0261. The summed E-state index contributed by atoms with van der Waals surface area (Å²) in [7, 11) is -3.82. The van der Waals surface area contributed by atoms with Gasteiger partial charge in [0.15, 0.2) is 0 Å². The highest BCUT2D eigenvalue weighted by Gasteiger charge is 2.24. The van der Waals surface area contributed by atoms with Crippen LogP contribution in [0.2, 0.25) is 0 Å². The predicted octanol–water partition coefficient (Wildman–Crippen LogP) is 1.62. The van der Waals surface area contributed by atoms with E-state index >= 15 is 0 Å². The van der Waals surface area contributed by atoms with E-state index in [0.29, 0.717) is 19.0 Å². The van der Waals surface area contributed by atoms with Crippen molar-refractivity contribution in [3.8, 4) is 11.5 Å². The van der Waals surface area contributed by atoms with E-state index < -0.39 is 10.0 Å². The first kappa shape index (κ1) is 15.3. The molecule has 7 nitrogen and oxygen atoms in total. The minimum atomic E-state index is -3.82. The molecule has 1 aromatic carbocycles. The summed E-state index contributed by atoms with van der Waals surface area (Å²) in [5.74, 6) is 0.791. The molecule has 1 heterocycles. The number of hydrogen-bond donors (Lipinski definition) is 0. The van der Waals surface area contributed by atoms with Crippen LogP contribution < -0.4 is 9.47 Å². The molecule has 0 aliphatic heterocycles. The summed E-state index contributed by atoms with van der Waals surface area (Å²) in [5, 5.41) is 7.06. The molecule has 0 radical (unpaired) electrons. The SMILES string of the molecule is CCOc1cc(S(=O)(=O)n2cnnc2)c(OCC)cc1C. The Hall–Kier alpha value is -2.09. The summed E-state index contributed by atoms with van der Waals surface area (Å²) in [5.41, 5.74) is 0.808. The van der Waals surface area contributed by atoms with E-state index in [9.17, 15) is 8.42 Å². The fourth-order valence-electron chi connectivity index (χ4n) is 1.85. The van der Waals surface area contributed by atoms with E-state index in [0.717, 1.165) is 22.2 Å². The van der Waals surface area contributed by atoms with Gasteiger partial charge >= 0.3 is 0 Å². The molecule has 8 heteroatoms. The van der Waals surface area contributed by atoms with Gasteiger partial charge in [0, 0.05) is 6.07 Å². The van der Waals surface area contributed by atoms with Crippen LogP contribution in [0.15, 0.2) is 29.7 Å². The van der Waals surface area contributed by atoms with Crippen molar-refractivity contribution in [2.45, 2.75) is 25.7 Å². The van der Waals surface area contributed by atoms with Gasteiger partial charge in [-0.3, -0.25) is 0 Å². The number of benzene rings is 1. The molecule has 0 N–H and O–H groups in total. The Kier molecular flexibility index (Phi) is 4.46. The molecule has 0 unspecified atom stereocenters. The number of ether oxygens (including phenoxy) is 2. The summed E-state index contributed by atoms with van der Waals surface area (Å²) in [6, 6.07) is 3.13. The van der Waals surface area contributed by atoms with Crippen LogP contribution in [0.4, 0.5) is 0 Å². The highest BCUT2D eigenvalue weighted by atomic mass is 32.2. The molecule has 0 fully saturated rings. The van der Waals surface area contributed by atoms with Crippen LogP contribution in [0.3, 0.4) is 0 Å². The van der Waals surface area contributed by atoms with E-state index in [4.69, 9.17) is 9.47 Å². The summed E-state index contributed by atoms with van der Waals surface area (Å²) in [4.78, 5) is 0.0261. The Labute approximate surface area is 123 Å². The maximum atomic E-state index is 12.6. The second-order valence-corrected chi connectivity index (χ2v) is 6.04. The average molecular weight is 311 g/mol. The molecule has 114 valence electrons. The third-order valence-corrected chi connectivity index (χ3v) is 4.41. The van der Waals surface area contributed by atoms with Crippen molar-refractivity contribution in [1.82, 2.24) is 14.2 Å². The van der Waals surface area contributed by atoms with Gasteiger partial charge in [0.25, 0.3) is 10.0 Å². The molecule has 2 rings (SSSR count). The van der Waals surface area contributed by atoms with Gasteiger partial charge in [-0.1, -0.05) is 0 Å². The van der Waals surface area contributed by atoms with Crippen molar-refractivity contribution in [3.63, 3.8) is 0 Å². The Morgan fingerprint density at radius 1 is 1.05 bits per heavy atom. The number of nitrogens with zero attached hydrogens (tertiary/aromatic N) is 3. The van der Waals surface area contributed by atoms with Crippen LogP contribution in [-0.2, 0) is 10.0 Å². The average Bonchev–Trinajstić information content (AvgIpc) is 2.96. The molecule has 0 saturated heterocycles. The molecule has 1 aromatic heterocycles. The zero-order valence-electron chi connectivity index (χ0n) is 12.1.